The zero-order chi connectivity index (χ0) is 14.7. The summed E-state index contributed by atoms with van der Waals surface area (Å²) >= 11 is 0. The molecule has 0 aromatic heterocycles. The number of hydrazine groups is 1. The Morgan fingerprint density at radius 1 is 1.32 bits per heavy atom. The minimum absolute atomic E-state index is 0.0438. The first-order valence-corrected chi connectivity index (χ1v) is 7.28. The van der Waals surface area contributed by atoms with Gasteiger partial charge in [-0.15, -0.1) is 0 Å². The summed E-state index contributed by atoms with van der Waals surface area (Å²) in [5.41, 5.74) is 1.36. The lowest BCUT2D eigenvalue weighted by Gasteiger charge is -2.35. The summed E-state index contributed by atoms with van der Waals surface area (Å²) in [6.45, 7) is 8.63. The van der Waals surface area contributed by atoms with Crippen LogP contribution < -0.4 is 5.84 Å². The Labute approximate surface area is 116 Å². The molecule has 1 saturated carbocycles. The second-order valence-electron chi connectivity index (χ2n) is 6.69. The first-order valence-electron chi connectivity index (χ1n) is 7.28. The summed E-state index contributed by atoms with van der Waals surface area (Å²) in [5, 5.41) is 1.67. The van der Waals surface area contributed by atoms with Gasteiger partial charge in [-0.3, -0.25) is 0 Å². The number of halogens is 2. The average Bonchev–Trinajstić information content (AvgIpc) is 2.26. The van der Waals surface area contributed by atoms with Crippen molar-refractivity contribution in [1.29, 1.82) is 0 Å². The Bertz CT molecular complexity index is 309. The fourth-order valence-corrected chi connectivity index (χ4v) is 2.51. The number of nitrogens with two attached hydrogens (primary N) is 1. The van der Waals surface area contributed by atoms with Crippen LogP contribution in [0.5, 0.6) is 0 Å². The van der Waals surface area contributed by atoms with Gasteiger partial charge in [0, 0.05) is 25.1 Å². The quantitative estimate of drug-likeness (QED) is 0.605. The van der Waals surface area contributed by atoms with Crippen molar-refractivity contribution in [3.05, 3.63) is 11.8 Å². The predicted octanol–water partition coefficient (Wildman–Crippen LogP) is 4.47. The van der Waals surface area contributed by atoms with Crippen LogP contribution in [0.1, 0.15) is 66.2 Å². The minimum atomic E-state index is -2.49. The molecule has 1 rings (SSSR count). The molecule has 0 aromatic carbocycles. The third-order valence-electron chi connectivity index (χ3n) is 3.90. The maximum absolute atomic E-state index is 13.1. The molecule has 19 heavy (non-hydrogen) atoms. The smallest absolute Gasteiger partial charge is 0.248 e. The highest BCUT2D eigenvalue weighted by Gasteiger charge is 2.36. The normalized spacial score (nSPS) is 21.5. The summed E-state index contributed by atoms with van der Waals surface area (Å²) in [5.74, 6) is 3.59. The molecule has 0 amide bonds. The van der Waals surface area contributed by atoms with Gasteiger partial charge in [-0.1, -0.05) is 34.1 Å². The molecule has 112 valence electrons. The summed E-state index contributed by atoms with van der Waals surface area (Å²) < 4.78 is 26.3. The van der Waals surface area contributed by atoms with Crippen LogP contribution in [0.4, 0.5) is 8.78 Å². The SMILES string of the molecule is CCC/C(=C\N(N)C1CCC(F)(F)CC1)C(C)(C)C. The van der Waals surface area contributed by atoms with Crippen LogP contribution >= 0.6 is 0 Å². The second kappa shape index (κ2) is 6.21. The summed E-state index contributed by atoms with van der Waals surface area (Å²) in [4.78, 5) is 0. The lowest BCUT2D eigenvalue weighted by atomic mass is 9.84. The molecule has 1 aliphatic carbocycles. The van der Waals surface area contributed by atoms with Gasteiger partial charge in [0.05, 0.1) is 0 Å². The second-order valence-corrected chi connectivity index (χ2v) is 6.69. The van der Waals surface area contributed by atoms with Crippen LogP contribution in [0.25, 0.3) is 0 Å². The number of hydrogen-bond donors (Lipinski definition) is 1. The number of alkyl halides is 2. The Morgan fingerprint density at radius 3 is 2.26 bits per heavy atom. The van der Waals surface area contributed by atoms with Crippen LogP contribution in [0.15, 0.2) is 11.8 Å². The van der Waals surface area contributed by atoms with Crippen LogP contribution in [-0.4, -0.2) is 17.0 Å². The summed E-state index contributed by atoms with van der Waals surface area (Å²) in [6.07, 6.45) is 4.92. The first kappa shape index (κ1) is 16.4. The molecule has 0 spiro atoms. The topological polar surface area (TPSA) is 29.3 Å². The molecule has 0 radical (unpaired) electrons. The first-order chi connectivity index (χ1) is 8.65. The average molecular weight is 274 g/mol. The molecule has 0 bridgehead atoms. The number of rotatable bonds is 4. The van der Waals surface area contributed by atoms with Gasteiger partial charge in [-0.05, 0) is 30.3 Å². The lowest BCUT2D eigenvalue weighted by Crippen LogP contribution is -2.42. The molecule has 0 aliphatic heterocycles. The molecular weight excluding hydrogens is 246 g/mol. The van der Waals surface area contributed by atoms with Gasteiger partial charge in [0.1, 0.15) is 0 Å². The van der Waals surface area contributed by atoms with Gasteiger partial charge in [-0.2, -0.15) is 0 Å². The fourth-order valence-electron chi connectivity index (χ4n) is 2.51. The monoisotopic (exact) mass is 274 g/mol. The molecule has 0 aromatic rings. The van der Waals surface area contributed by atoms with E-state index in [4.69, 9.17) is 5.84 Å². The van der Waals surface area contributed by atoms with Crippen molar-refractivity contribution in [3.8, 4) is 0 Å². The molecular formula is C15H28F2N2. The van der Waals surface area contributed by atoms with E-state index in [1.54, 1.807) is 5.01 Å². The highest BCUT2D eigenvalue weighted by atomic mass is 19.3. The van der Waals surface area contributed by atoms with Crippen molar-refractivity contribution in [2.45, 2.75) is 78.2 Å². The van der Waals surface area contributed by atoms with E-state index >= 15 is 0 Å². The van der Waals surface area contributed by atoms with Crippen molar-refractivity contribution >= 4 is 0 Å². The summed E-state index contributed by atoms with van der Waals surface area (Å²) in [6, 6.07) is 0.0498. The van der Waals surface area contributed by atoms with Gasteiger partial charge in [0.25, 0.3) is 0 Å². The van der Waals surface area contributed by atoms with Gasteiger partial charge in [-0.25, -0.2) is 14.6 Å². The Kier molecular flexibility index (Phi) is 5.36. The van der Waals surface area contributed by atoms with E-state index < -0.39 is 5.92 Å². The number of nitrogens with zero attached hydrogens (tertiary/aromatic N) is 1. The number of allylic oxidation sites excluding steroid dienone is 1. The van der Waals surface area contributed by atoms with Crippen molar-refractivity contribution in [3.63, 3.8) is 0 Å². The highest BCUT2D eigenvalue weighted by Crippen LogP contribution is 2.35. The Morgan fingerprint density at radius 2 is 1.84 bits per heavy atom. The lowest BCUT2D eigenvalue weighted by molar-refractivity contribution is -0.0496. The predicted molar refractivity (Wildman–Crippen MR) is 75.7 cm³/mol. The standard InChI is InChI=1S/C15H28F2N2/c1-5-6-12(14(2,3)4)11-19(18)13-7-9-15(16,17)10-8-13/h11,13H,5-10,18H2,1-4H3/b12-11+. The van der Waals surface area contributed by atoms with Crippen LogP contribution in [-0.2, 0) is 0 Å². The summed E-state index contributed by atoms with van der Waals surface area (Å²) in [7, 11) is 0. The van der Waals surface area contributed by atoms with Crippen LogP contribution in [0, 0.1) is 5.41 Å². The van der Waals surface area contributed by atoms with Gasteiger partial charge in [0.15, 0.2) is 0 Å². The Balaban J connectivity index is 2.68. The van der Waals surface area contributed by atoms with Crippen LogP contribution in [0.3, 0.4) is 0 Å². The molecule has 0 atom stereocenters. The van der Waals surface area contributed by atoms with E-state index in [1.807, 2.05) is 6.20 Å². The molecule has 0 unspecified atom stereocenters. The zero-order valence-electron chi connectivity index (χ0n) is 12.7. The van der Waals surface area contributed by atoms with E-state index in [-0.39, 0.29) is 24.3 Å². The largest absolute Gasteiger partial charge is 0.315 e. The third kappa shape index (κ3) is 5.09. The van der Waals surface area contributed by atoms with Crippen molar-refractivity contribution in [1.82, 2.24) is 5.01 Å². The molecule has 2 nitrogen and oxygen atoms in total. The molecule has 2 N–H and O–H groups in total. The van der Waals surface area contributed by atoms with E-state index in [2.05, 4.69) is 27.7 Å². The third-order valence-corrected chi connectivity index (χ3v) is 3.90. The molecule has 0 heterocycles. The van der Waals surface area contributed by atoms with Crippen LogP contribution in [0.2, 0.25) is 0 Å². The molecule has 0 saturated heterocycles. The van der Waals surface area contributed by atoms with E-state index in [1.165, 1.54) is 5.57 Å². The minimum Gasteiger partial charge on any atom is -0.315 e. The van der Waals surface area contributed by atoms with E-state index in [0.717, 1.165) is 12.8 Å². The maximum Gasteiger partial charge on any atom is 0.248 e. The molecule has 1 fully saturated rings. The van der Waals surface area contributed by atoms with Crippen molar-refractivity contribution < 1.29 is 8.78 Å². The highest BCUT2D eigenvalue weighted by molar-refractivity contribution is 5.10. The van der Waals surface area contributed by atoms with Gasteiger partial charge < -0.3 is 5.01 Å². The van der Waals surface area contributed by atoms with E-state index in [9.17, 15) is 8.78 Å². The van der Waals surface area contributed by atoms with Crippen molar-refractivity contribution in [2.24, 2.45) is 11.3 Å². The van der Waals surface area contributed by atoms with E-state index in [0.29, 0.717) is 12.8 Å². The van der Waals surface area contributed by atoms with Crippen molar-refractivity contribution in [2.75, 3.05) is 0 Å². The number of hydrogen-bond acceptors (Lipinski definition) is 2. The zero-order valence-corrected chi connectivity index (χ0v) is 12.7. The molecule has 4 heteroatoms. The maximum atomic E-state index is 13.1. The molecule has 1 aliphatic rings. The van der Waals surface area contributed by atoms with Gasteiger partial charge >= 0.3 is 0 Å². The fraction of sp³-hybridized carbons (Fsp3) is 0.867. The Hall–Kier alpha value is -0.640. The van der Waals surface area contributed by atoms with Gasteiger partial charge in [0.2, 0.25) is 5.92 Å².